The first-order valence-corrected chi connectivity index (χ1v) is 11.3. The van der Waals surface area contributed by atoms with Gasteiger partial charge < -0.3 is 5.11 Å². The van der Waals surface area contributed by atoms with Crippen molar-refractivity contribution in [3.63, 3.8) is 0 Å². The summed E-state index contributed by atoms with van der Waals surface area (Å²) in [4.78, 5) is 32.0. The Hall–Kier alpha value is -3.26. The first kappa shape index (κ1) is 21.6. The van der Waals surface area contributed by atoms with Gasteiger partial charge in [0.25, 0.3) is 5.78 Å². The smallest absolute Gasteiger partial charge is 0.301 e. The molecule has 0 saturated carbocycles. The Balaban J connectivity index is 1.73. The van der Waals surface area contributed by atoms with Crippen LogP contribution in [0.3, 0.4) is 0 Å². The zero-order valence-electron chi connectivity index (χ0n) is 16.6. The molecule has 33 heavy (non-hydrogen) atoms. The van der Waals surface area contributed by atoms with Gasteiger partial charge in [-0.25, -0.2) is 9.37 Å². The van der Waals surface area contributed by atoms with Crippen LogP contribution in [0.25, 0.3) is 16.0 Å². The number of benzene rings is 3. The standard InChI is InChI=1S/C24H13Cl2FN2O3S/c25-14-5-1-12(2-6-14)20-19(21(30)13-3-7-15(26)8-4-13)22(31)23(32)29(20)24-28-17-10-9-16(27)11-18(17)33-24/h1-11,20,30H. The maximum absolute atomic E-state index is 13.7. The number of fused-ring (bicyclic) bond motifs is 1. The van der Waals surface area contributed by atoms with Crippen LogP contribution in [-0.2, 0) is 9.59 Å². The molecular weight excluding hydrogens is 486 g/mol. The van der Waals surface area contributed by atoms with E-state index in [2.05, 4.69) is 4.98 Å². The molecule has 0 bridgehead atoms. The number of hydrogen-bond acceptors (Lipinski definition) is 5. The molecule has 1 atom stereocenters. The highest BCUT2D eigenvalue weighted by atomic mass is 35.5. The lowest BCUT2D eigenvalue weighted by molar-refractivity contribution is -0.132. The van der Waals surface area contributed by atoms with Crippen LogP contribution in [0.4, 0.5) is 9.52 Å². The fourth-order valence-corrected chi connectivity index (χ4v) is 5.01. The second-order valence-corrected chi connectivity index (χ2v) is 9.22. The summed E-state index contributed by atoms with van der Waals surface area (Å²) in [6.07, 6.45) is 0. The lowest BCUT2D eigenvalue weighted by Crippen LogP contribution is -2.29. The van der Waals surface area contributed by atoms with E-state index in [1.165, 1.54) is 23.1 Å². The molecule has 1 N–H and O–H groups in total. The van der Waals surface area contributed by atoms with Crippen molar-refractivity contribution < 1.29 is 19.1 Å². The van der Waals surface area contributed by atoms with E-state index in [1.807, 2.05) is 0 Å². The molecule has 1 unspecified atom stereocenters. The third-order valence-corrected chi connectivity index (χ3v) is 6.81. The molecule has 0 aliphatic carbocycles. The third kappa shape index (κ3) is 3.78. The molecule has 4 aromatic rings. The number of thiazole rings is 1. The van der Waals surface area contributed by atoms with Crippen LogP contribution >= 0.6 is 34.5 Å². The highest BCUT2D eigenvalue weighted by molar-refractivity contribution is 7.22. The Labute approximate surface area is 201 Å². The lowest BCUT2D eigenvalue weighted by atomic mass is 9.95. The Morgan fingerprint density at radius 1 is 0.970 bits per heavy atom. The summed E-state index contributed by atoms with van der Waals surface area (Å²) >= 11 is 13.1. The number of ketones is 1. The van der Waals surface area contributed by atoms with Crippen molar-refractivity contribution in [3.8, 4) is 0 Å². The van der Waals surface area contributed by atoms with Crippen molar-refractivity contribution in [1.29, 1.82) is 0 Å². The predicted octanol–water partition coefficient (Wildman–Crippen LogP) is 6.37. The van der Waals surface area contributed by atoms with Gasteiger partial charge in [-0.3, -0.25) is 14.5 Å². The molecule has 1 aliphatic heterocycles. The number of carbonyl (C=O) groups is 2. The fraction of sp³-hybridized carbons (Fsp3) is 0.0417. The zero-order valence-corrected chi connectivity index (χ0v) is 19.0. The van der Waals surface area contributed by atoms with Crippen molar-refractivity contribution in [1.82, 2.24) is 4.98 Å². The summed E-state index contributed by atoms with van der Waals surface area (Å²) in [7, 11) is 0. The molecule has 1 aromatic heterocycles. The van der Waals surface area contributed by atoms with E-state index in [-0.39, 0.29) is 16.5 Å². The van der Waals surface area contributed by atoms with Crippen molar-refractivity contribution >= 4 is 67.3 Å². The van der Waals surface area contributed by atoms with Gasteiger partial charge >= 0.3 is 5.91 Å². The average Bonchev–Trinajstić information content (AvgIpc) is 3.32. The van der Waals surface area contributed by atoms with Crippen LogP contribution in [0.15, 0.2) is 72.3 Å². The number of nitrogens with zero attached hydrogens (tertiary/aromatic N) is 2. The van der Waals surface area contributed by atoms with E-state index in [0.29, 0.717) is 31.4 Å². The topological polar surface area (TPSA) is 70.5 Å². The third-order valence-electron chi connectivity index (χ3n) is 5.29. The number of aliphatic hydroxyl groups excluding tert-OH is 1. The van der Waals surface area contributed by atoms with Crippen LogP contribution < -0.4 is 4.90 Å². The Bertz CT molecular complexity index is 1450. The van der Waals surface area contributed by atoms with E-state index in [9.17, 15) is 19.1 Å². The highest BCUT2D eigenvalue weighted by Crippen LogP contribution is 2.44. The van der Waals surface area contributed by atoms with E-state index in [1.54, 1.807) is 48.5 Å². The Kier molecular flexibility index (Phi) is 5.40. The number of carbonyl (C=O) groups excluding carboxylic acids is 2. The Morgan fingerprint density at radius 2 is 1.61 bits per heavy atom. The van der Waals surface area contributed by atoms with Gasteiger partial charge in [0, 0.05) is 15.6 Å². The molecule has 164 valence electrons. The van der Waals surface area contributed by atoms with E-state index < -0.39 is 23.5 Å². The van der Waals surface area contributed by atoms with Gasteiger partial charge in [0.05, 0.1) is 21.8 Å². The van der Waals surface area contributed by atoms with Crippen LogP contribution in [0, 0.1) is 5.82 Å². The molecule has 0 radical (unpaired) electrons. The molecule has 9 heteroatoms. The van der Waals surface area contributed by atoms with Gasteiger partial charge in [0.15, 0.2) is 5.13 Å². The summed E-state index contributed by atoms with van der Waals surface area (Å²) in [6, 6.07) is 16.0. The molecule has 2 heterocycles. The van der Waals surface area contributed by atoms with E-state index >= 15 is 0 Å². The SMILES string of the molecule is O=C1C(=O)N(c2nc3ccc(F)cc3s2)C(c2ccc(Cl)cc2)C1=C(O)c1ccc(Cl)cc1. The number of rotatable bonds is 3. The second-order valence-electron chi connectivity index (χ2n) is 7.34. The monoisotopic (exact) mass is 498 g/mol. The van der Waals surface area contributed by atoms with Gasteiger partial charge in [-0.15, -0.1) is 0 Å². The predicted molar refractivity (Wildman–Crippen MR) is 127 cm³/mol. The molecule has 1 saturated heterocycles. The first-order valence-electron chi connectivity index (χ1n) is 9.72. The molecule has 5 rings (SSSR count). The largest absolute Gasteiger partial charge is 0.507 e. The average molecular weight is 499 g/mol. The molecule has 5 nitrogen and oxygen atoms in total. The van der Waals surface area contributed by atoms with E-state index in [4.69, 9.17) is 23.2 Å². The molecule has 1 fully saturated rings. The summed E-state index contributed by atoms with van der Waals surface area (Å²) in [5.41, 5.74) is 1.29. The number of halogens is 3. The van der Waals surface area contributed by atoms with Crippen molar-refractivity contribution in [2.75, 3.05) is 4.90 Å². The molecule has 1 aliphatic rings. The number of aliphatic hydroxyl groups is 1. The number of anilines is 1. The van der Waals surface area contributed by atoms with Crippen molar-refractivity contribution in [3.05, 3.63) is 99.3 Å². The molecular formula is C24H13Cl2FN2O3S. The van der Waals surface area contributed by atoms with Gasteiger partial charge in [-0.2, -0.15) is 0 Å². The lowest BCUT2D eigenvalue weighted by Gasteiger charge is -2.23. The number of hydrogen-bond donors (Lipinski definition) is 1. The maximum Gasteiger partial charge on any atom is 0.301 e. The highest BCUT2D eigenvalue weighted by Gasteiger charge is 2.48. The summed E-state index contributed by atoms with van der Waals surface area (Å²) in [5, 5.41) is 12.2. The normalized spacial score (nSPS) is 17.8. The summed E-state index contributed by atoms with van der Waals surface area (Å²) in [5.74, 6) is -2.46. The minimum atomic E-state index is -0.955. The quantitative estimate of drug-likeness (QED) is 0.202. The van der Waals surface area contributed by atoms with Crippen LogP contribution in [0.5, 0.6) is 0 Å². The van der Waals surface area contributed by atoms with Gasteiger partial charge in [-0.05, 0) is 60.2 Å². The molecule has 0 spiro atoms. The molecule has 1 amide bonds. The Morgan fingerprint density at radius 3 is 2.27 bits per heavy atom. The maximum atomic E-state index is 13.7. The van der Waals surface area contributed by atoms with Crippen molar-refractivity contribution in [2.45, 2.75) is 6.04 Å². The van der Waals surface area contributed by atoms with Crippen LogP contribution in [-0.4, -0.2) is 21.8 Å². The molecule has 3 aromatic carbocycles. The second kappa shape index (κ2) is 8.26. The summed E-state index contributed by atoms with van der Waals surface area (Å²) < 4.78 is 14.2. The van der Waals surface area contributed by atoms with Gasteiger partial charge in [0.2, 0.25) is 0 Å². The van der Waals surface area contributed by atoms with Crippen molar-refractivity contribution in [2.24, 2.45) is 0 Å². The van der Waals surface area contributed by atoms with Crippen LogP contribution in [0.1, 0.15) is 17.2 Å². The number of aromatic nitrogens is 1. The summed E-state index contributed by atoms with van der Waals surface area (Å²) in [6.45, 7) is 0. The minimum absolute atomic E-state index is 0.0879. The zero-order chi connectivity index (χ0) is 23.3. The van der Waals surface area contributed by atoms with Crippen LogP contribution in [0.2, 0.25) is 10.0 Å². The fourth-order valence-electron chi connectivity index (χ4n) is 3.74. The van der Waals surface area contributed by atoms with Gasteiger partial charge in [0.1, 0.15) is 11.6 Å². The van der Waals surface area contributed by atoms with E-state index in [0.717, 1.165) is 11.3 Å². The van der Waals surface area contributed by atoms with Gasteiger partial charge in [-0.1, -0.05) is 46.7 Å². The number of amides is 1. The number of Topliss-reactive ketones (excluding diaryl/α,β-unsaturated/α-hetero) is 1. The first-order chi connectivity index (χ1) is 15.8. The minimum Gasteiger partial charge on any atom is -0.507 e.